The molecule has 2 N–H and O–H groups in total. The third-order valence-electron chi connectivity index (χ3n) is 4.21. The summed E-state index contributed by atoms with van der Waals surface area (Å²) in [5.74, 6) is 0.899. The third-order valence-corrected chi connectivity index (χ3v) is 4.21. The highest BCUT2D eigenvalue weighted by atomic mass is 15.0. The molecule has 108 valence electrons. The first-order valence-electron chi connectivity index (χ1n) is 7.97. The number of unbranched alkanes of at least 4 members (excludes halogenated alkanes) is 2. The van der Waals surface area contributed by atoms with E-state index in [1.54, 1.807) is 0 Å². The van der Waals surface area contributed by atoms with E-state index in [1.165, 1.54) is 45.1 Å². The molecule has 2 nitrogen and oxygen atoms in total. The van der Waals surface area contributed by atoms with Crippen LogP contribution in [0.2, 0.25) is 0 Å². The highest BCUT2D eigenvalue weighted by molar-refractivity contribution is 4.80. The maximum absolute atomic E-state index is 3.68. The second-order valence-corrected chi connectivity index (χ2v) is 7.03. The normalized spacial score (nSPS) is 25.3. The van der Waals surface area contributed by atoms with E-state index < -0.39 is 0 Å². The summed E-state index contributed by atoms with van der Waals surface area (Å²) in [5.41, 5.74) is 0.454. The Morgan fingerprint density at radius 3 is 2.72 bits per heavy atom. The molecule has 1 fully saturated rings. The van der Waals surface area contributed by atoms with Crippen LogP contribution in [-0.4, -0.2) is 25.7 Å². The second kappa shape index (κ2) is 8.16. The monoisotopic (exact) mass is 254 g/mol. The summed E-state index contributed by atoms with van der Waals surface area (Å²) in [4.78, 5) is 0. The first kappa shape index (κ1) is 16.0. The Morgan fingerprint density at radius 2 is 2.06 bits per heavy atom. The molecule has 1 rings (SSSR count). The largest absolute Gasteiger partial charge is 0.315 e. The minimum Gasteiger partial charge on any atom is -0.315 e. The van der Waals surface area contributed by atoms with Gasteiger partial charge in [0.25, 0.3) is 0 Å². The minimum atomic E-state index is 0.454. The quantitative estimate of drug-likeness (QED) is 0.647. The van der Waals surface area contributed by atoms with Crippen molar-refractivity contribution in [3.63, 3.8) is 0 Å². The lowest BCUT2D eigenvalue weighted by atomic mass is 9.86. The zero-order valence-electron chi connectivity index (χ0n) is 13.0. The van der Waals surface area contributed by atoms with Gasteiger partial charge in [-0.05, 0) is 37.1 Å². The highest BCUT2D eigenvalue weighted by Crippen LogP contribution is 2.22. The molecule has 2 heteroatoms. The van der Waals surface area contributed by atoms with Gasteiger partial charge >= 0.3 is 0 Å². The molecule has 0 spiro atoms. The van der Waals surface area contributed by atoms with Crippen LogP contribution >= 0.6 is 0 Å². The van der Waals surface area contributed by atoms with Crippen molar-refractivity contribution < 1.29 is 0 Å². The van der Waals surface area contributed by atoms with E-state index in [1.807, 2.05) is 0 Å². The predicted molar refractivity (Wildman–Crippen MR) is 81.0 cm³/mol. The number of rotatable bonds is 8. The van der Waals surface area contributed by atoms with Crippen LogP contribution < -0.4 is 10.6 Å². The lowest BCUT2D eigenvalue weighted by molar-refractivity contribution is 0.272. The smallest absolute Gasteiger partial charge is 0.0195 e. The predicted octanol–water partition coefficient (Wildman–Crippen LogP) is 3.57. The van der Waals surface area contributed by atoms with Crippen LogP contribution in [0.1, 0.15) is 66.2 Å². The summed E-state index contributed by atoms with van der Waals surface area (Å²) < 4.78 is 0. The molecular formula is C16H34N2. The van der Waals surface area contributed by atoms with Gasteiger partial charge in [0, 0.05) is 19.1 Å². The van der Waals surface area contributed by atoms with Gasteiger partial charge in [0.15, 0.2) is 0 Å². The van der Waals surface area contributed by atoms with E-state index >= 15 is 0 Å². The standard InChI is InChI=1S/C16H34N2/c1-5-6-7-9-16(3,4)13-17-12-15-11-14(2)8-10-18-15/h14-15,17-18H,5-13H2,1-4H3. The molecule has 1 aliphatic heterocycles. The van der Waals surface area contributed by atoms with Crippen LogP contribution in [0.4, 0.5) is 0 Å². The molecule has 2 atom stereocenters. The molecule has 0 radical (unpaired) electrons. The molecule has 1 aliphatic rings. The summed E-state index contributed by atoms with van der Waals surface area (Å²) in [6.45, 7) is 12.9. The number of hydrogen-bond acceptors (Lipinski definition) is 2. The van der Waals surface area contributed by atoms with Crippen molar-refractivity contribution in [1.82, 2.24) is 10.6 Å². The average molecular weight is 254 g/mol. The van der Waals surface area contributed by atoms with E-state index in [0.717, 1.165) is 19.0 Å². The minimum absolute atomic E-state index is 0.454. The van der Waals surface area contributed by atoms with Gasteiger partial charge in [0.1, 0.15) is 0 Å². The van der Waals surface area contributed by atoms with Crippen molar-refractivity contribution in [1.29, 1.82) is 0 Å². The second-order valence-electron chi connectivity index (χ2n) is 7.03. The van der Waals surface area contributed by atoms with Crippen LogP contribution in [0.5, 0.6) is 0 Å². The van der Waals surface area contributed by atoms with Crippen molar-refractivity contribution in [2.45, 2.75) is 72.3 Å². The van der Waals surface area contributed by atoms with E-state index in [-0.39, 0.29) is 0 Å². The fraction of sp³-hybridized carbons (Fsp3) is 1.00. The molecule has 1 saturated heterocycles. The van der Waals surface area contributed by atoms with E-state index in [4.69, 9.17) is 0 Å². The topological polar surface area (TPSA) is 24.1 Å². The zero-order chi connectivity index (χ0) is 13.4. The SMILES string of the molecule is CCCCCC(C)(C)CNCC1CC(C)CCN1. The van der Waals surface area contributed by atoms with Crippen LogP contribution in [-0.2, 0) is 0 Å². The van der Waals surface area contributed by atoms with Gasteiger partial charge in [0.05, 0.1) is 0 Å². The summed E-state index contributed by atoms with van der Waals surface area (Å²) in [5, 5.41) is 7.31. The summed E-state index contributed by atoms with van der Waals surface area (Å²) in [6.07, 6.45) is 8.12. The molecule has 18 heavy (non-hydrogen) atoms. The van der Waals surface area contributed by atoms with Crippen molar-refractivity contribution in [2.75, 3.05) is 19.6 Å². The Hall–Kier alpha value is -0.0800. The van der Waals surface area contributed by atoms with Crippen LogP contribution in [0.25, 0.3) is 0 Å². The molecule has 0 aliphatic carbocycles. The van der Waals surface area contributed by atoms with Crippen molar-refractivity contribution in [2.24, 2.45) is 11.3 Å². The molecule has 0 aromatic heterocycles. The summed E-state index contributed by atoms with van der Waals surface area (Å²) in [6, 6.07) is 0.695. The lowest BCUT2D eigenvalue weighted by Gasteiger charge is -2.30. The van der Waals surface area contributed by atoms with Crippen LogP contribution in [0.3, 0.4) is 0 Å². The Balaban J connectivity index is 2.11. The maximum Gasteiger partial charge on any atom is 0.0195 e. The van der Waals surface area contributed by atoms with Gasteiger partial charge < -0.3 is 10.6 Å². The number of piperidine rings is 1. The first-order chi connectivity index (χ1) is 8.53. The van der Waals surface area contributed by atoms with E-state index in [0.29, 0.717) is 11.5 Å². The van der Waals surface area contributed by atoms with E-state index in [9.17, 15) is 0 Å². The summed E-state index contributed by atoms with van der Waals surface area (Å²) >= 11 is 0. The molecule has 0 saturated carbocycles. The van der Waals surface area contributed by atoms with Gasteiger partial charge in [0.2, 0.25) is 0 Å². The van der Waals surface area contributed by atoms with Gasteiger partial charge in [-0.3, -0.25) is 0 Å². The fourth-order valence-electron chi connectivity index (χ4n) is 2.90. The molecular weight excluding hydrogens is 220 g/mol. The van der Waals surface area contributed by atoms with Gasteiger partial charge in [-0.1, -0.05) is 47.0 Å². The Bertz CT molecular complexity index is 213. The average Bonchev–Trinajstić information content (AvgIpc) is 2.29. The Labute approximate surface area is 114 Å². The summed E-state index contributed by atoms with van der Waals surface area (Å²) in [7, 11) is 0. The number of nitrogens with one attached hydrogen (secondary N) is 2. The molecule has 0 aromatic carbocycles. The first-order valence-corrected chi connectivity index (χ1v) is 7.97. The van der Waals surface area contributed by atoms with Crippen molar-refractivity contribution in [3.05, 3.63) is 0 Å². The van der Waals surface area contributed by atoms with Crippen molar-refractivity contribution in [3.8, 4) is 0 Å². The van der Waals surface area contributed by atoms with Crippen LogP contribution in [0.15, 0.2) is 0 Å². The van der Waals surface area contributed by atoms with Crippen molar-refractivity contribution >= 4 is 0 Å². The van der Waals surface area contributed by atoms with Gasteiger partial charge in [-0.15, -0.1) is 0 Å². The molecule has 0 aromatic rings. The highest BCUT2D eigenvalue weighted by Gasteiger charge is 2.20. The molecule has 0 bridgehead atoms. The van der Waals surface area contributed by atoms with Gasteiger partial charge in [-0.25, -0.2) is 0 Å². The Kier molecular flexibility index (Phi) is 7.25. The fourth-order valence-corrected chi connectivity index (χ4v) is 2.90. The van der Waals surface area contributed by atoms with E-state index in [2.05, 4.69) is 38.3 Å². The maximum atomic E-state index is 3.68. The third kappa shape index (κ3) is 6.75. The zero-order valence-corrected chi connectivity index (χ0v) is 13.0. The molecule has 2 unspecified atom stereocenters. The molecule has 0 amide bonds. The Morgan fingerprint density at radius 1 is 1.28 bits per heavy atom. The van der Waals surface area contributed by atoms with Crippen LogP contribution in [0, 0.1) is 11.3 Å². The van der Waals surface area contributed by atoms with Gasteiger partial charge in [-0.2, -0.15) is 0 Å². The number of hydrogen-bond donors (Lipinski definition) is 2. The molecule has 1 heterocycles. The lowest BCUT2D eigenvalue weighted by Crippen LogP contribution is -2.45.